The van der Waals surface area contributed by atoms with Crippen LogP contribution in [0.3, 0.4) is 0 Å². The molecule has 0 saturated heterocycles. The molecule has 9 nitrogen and oxygen atoms in total. The summed E-state index contributed by atoms with van der Waals surface area (Å²) in [5.74, 6) is 1.71. The van der Waals surface area contributed by atoms with Crippen LogP contribution in [0.5, 0.6) is 11.5 Å². The summed E-state index contributed by atoms with van der Waals surface area (Å²) in [5.41, 5.74) is 3.35. The summed E-state index contributed by atoms with van der Waals surface area (Å²) in [6, 6.07) is 10.9. The molecule has 4 rings (SSSR count). The summed E-state index contributed by atoms with van der Waals surface area (Å²) < 4.78 is 16.4. The molecule has 0 unspecified atom stereocenters. The van der Waals surface area contributed by atoms with E-state index in [2.05, 4.69) is 20.8 Å². The first-order valence-electron chi connectivity index (χ1n) is 10.9. The molecule has 0 bridgehead atoms. The van der Waals surface area contributed by atoms with Crippen molar-refractivity contribution in [3.8, 4) is 23.0 Å². The smallest absolute Gasteiger partial charge is 0.255 e. The van der Waals surface area contributed by atoms with Gasteiger partial charge in [0.25, 0.3) is 5.91 Å². The maximum atomic E-state index is 12.9. The molecule has 2 atom stereocenters. The molecular formula is C24H28N4O5. The van der Waals surface area contributed by atoms with Gasteiger partial charge in [0.05, 0.1) is 25.4 Å². The highest BCUT2D eigenvalue weighted by Gasteiger charge is 2.26. The number of nitrogens with zero attached hydrogens (tertiary/aromatic N) is 2. The summed E-state index contributed by atoms with van der Waals surface area (Å²) >= 11 is 0. The minimum absolute atomic E-state index is 0.109. The Balaban J connectivity index is 1.40. The molecule has 1 aromatic heterocycles. The van der Waals surface area contributed by atoms with Gasteiger partial charge < -0.3 is 29.6 Å². The molecule has 0 aliphatic carbocycles. The predicted octanol–water partition coefficient (Wildman–Crippen LogP) is 2.26. The molecule has 0 radical (unpaired) electrons. The topological polar surface area (TPSA) is 119 Å². The number of amides is 1. The van der Waals surface area contributed by atoms with Crippen LogP contribution in [-0.4, -0.2) is 53.6 Å². The molecule has 0 fully saturated rings. The highest BCUT2D eigenvalue weighted by atomic mass is 16.5. The van der Waals surface area contributed by atoms with Crippen LogP contribution in [0, 0.1) is 6.92 Å². The zero-order valence-electron chi connectivity index (χ0n) is 18.9. The van der Waals surface area contributed by atoms with Crippen LogP contribution in [0.25, 0.3) is 11.5 Å². The number of ether oxygens (including phenoxy) is 2. The largest absolute Gasteiger partial charge is 0.497 e. The molecule has 1 aliphatic heterocycles. The van der Waals surface area contributed by atoms with Crippen molar-refractivity contribution < 1.29 is 23.8 Å². The van der Waals surface area contributed by atoms with Gasteiger partial charge in [-0.1, -0.05) is 6.07 Å². The Bertz CT molecular complexity index is 1130. The number of aryl methyl sites for hydroxylation is 1. The lowest BCUT2D eigenvalue weighted by molar-refractivity contribution is 0.0866. The van der Waals surface area contributed by atoms with E-state index < -0.39 is 6.10 Å². The van der Waals surface area contributed by atoms with E-state index in [-0.39, 0.29) is 18.5 Å². The summed E-state index contributed by atoms with van der Waals surface area (Å²) in [5, 5.41) is 24.7. The number of aromatic nitrogens is 2. The quantitative estimate of drug-likeness (QED) is 0.476. The highest BCUT2D eigenvalue weighted by molar-refractivity contribution is 5.97. The summed E-state index contributed by atoms with van der Waals surface area (Å²) in [4.78, 5) is 12.9. The fourth-order valence-electron chi connectivity index (χ4n) is 3.88. The van der Waals surface area contributed by atoms with E-state index >= 15 is 0 Å². The van der Waals surface area contributed by atoms with Gasteiger partial charge in [0.1, 0.15) is 11.5 Å². The number of carbonyl (C=O) groups is 1. The average molecular weight is 453 g/mol. The van der Waals surface area contributed by atoms with Crippen molar-refractivity contribution in [2.45, 2.75) is 39.0 Å². The van der Waals surface area contributed by atoms with Crippen LogP contribution in [-0.2, 0) is 13.0 Å². The Morgan fingerprint density at radius 2 is 2.12 bits per heavy atom. The third-order valence-corrected chi connectivity index (χ3v) is 5.64. The minimum atomic E-state index is -0.750. The van der Waals surface area contributed by atoms with E-state index in [1.165, 1.54) is 0 Å². The number of benzene rings is 2. The number of aliphatic hydroxyl groups is 1. The van der Waals surface area contributed by atoms with Gasteiger partial charge in [0.2, 0.25) is 11.8 Å². The van der Waals surface area contributed by atoms with Crippen molar-refractivity contribution in [3.63, 3.8) is 0 Å². The molecule has 1 amide bonds. The fourth-order valence-corrected chi connectivity index (χ4v) is 3.88. The number of methoxy groups -OCH3 is 1. The van der Waals surface area contributed by atoms with Crippen LogP contribution in [0.1, 0.15) is 34.3 Å². The van der Waals surface area contributed by atoms with Crippen LogP contribution in [0.4, 0.5) is 0 Å². The molecule has 33 heavy (non-hydrogen) atoms. The second-order valence-corrected chi connectivity index (χ2v) is 7.87. The molecule has 9 heteroatoms. The normalized spacial score (nSPS) is 16.1. The van der Waals surface area contributed by atoms with Gasteiger partial charge >= 0.3 is 0 Å². The number of hydrogen-bond acceptors (Lipinski definition) is 8. The first kappa shape index (κ1) is 22.8. The van der Waals surface area contributed by atoms with Gasteiger partial charge in [-0.2, -0.15) is 0 Å². The SMILES string of the molecule is CCOc1cc(-c2nnc(C)o2)ccc1C(=O)NC[C@@H](O)[C@@H]1Cc2ccc(OC)cc2CN1. The lowest BCUT2D eigenvalue weighted by Crippen LogP contribution is -2.49. The molecule has 0 saturated carbocycles. The van der Waals surface area contributed by atoms with Crippen molar-refractivity contribution in [1.82, 2.24) is 20.8 Å². The Morgan fingerprint density at radius 3 is 2.85 bits per heavy atom. The number of hydrogen-bond donors (Lipinski definition) is 3. The van der Waals surface area contributed by atoms with E-state index in [0.717, 1.165) is 16.9 Å². The summed E-state index contributed by atoms with van der Waals surface area (Å²) in [7, 11) is 1.64. The summed E-state index contributed by atoms with van der Waals surface area (Å²) in [6.07, 6.45) is -0.0841. The van der Waals surface area contributed by atoms with Crippen LogP contribution >= 0.6 is 0 Å². The molecular weight excluding hydrogens is 424 g/mol. The molecule has 174 valence electrons. The predicted molar refractivity (Wildman–Crippen MR) is 121 cm³/mol. The third-order valence-electron chi connectivity index (χ3n) is 5.64. The van der Waals surface area contributed by atoms with Gasteiger partial charge in [-0.3, -0.25) is 4.79 Å². The molecule has 3 N–H and O–H groups in total. The van der Waals surface area contributed by atoms with Crippen LogP contribution < -0.4 is 20.1 Å². The number of fused-ring (bicyclic) bond motifs is 1. The molecule has 0 spiro atoms. The zero-order chi connectivity index (χ0) is 23.4. The van der Waals surface area contributed by atoms with Crippen molar-refractivity contribution in [2.75, 3.05) is 20.3 Å². The van der Waals surface area contributed by atoms with Crippen molar-refractivity contribution in [1.29, 1.82) is 0 Å². The number of rotatable bonds is 8. The Labute approximate surface area is 192 Å². The maximum absolute atomic E-state index is 12.9. The number of aliphatic hydroxyl groups excluding tert-OH is 1. The number of nitrogens with one attached hydrogen (secondary N) is 2. The lowest BCUT2D eigenvalue weighted by Gasteiger charge is -2.30. The van der Waals surface area contributed by atoms with Gasteiger partial charge in [-0.25, -0.2) is 0 Å². The van der Waals surface area contributed by atoms with E-state index in [1.54, 1.807) is 32.2 Å². The highest BCUT2D eigenvalue weighted by Crippen LogP contribution is 2.27. The first-order chi connectivity index (χ1) is 16.0. The average Bonchev–Trinajstić information content (AvgIpc) is 3.28. The van der Waals surface area contributed by atoms with Crippen molar-refractivity contribution in [3.05, 3.63) is 59.0 Å². The second-order valence-electron chi connectivity index (χ2n) is 7.87. The molecule has 1 aliphatic rings. The first-order valence-corrected chi connectivity index (χ1v) is 10.9. The summed E-state index contributed by atoms with van der Waals surface area (Å²) in [6.45, 7) is 4.69. The number of carbonyl (C=O) groups excluding carboxylic acids is 1. The molecule has 2 heterocycles. The fraction of sp³-hybridized carbons (Fsp3) is 0.375. The monoisotopic (exact) mass is 452 g/mol. The third kappa shape index (κ3) is 5.15. The Morgan fingerprint density at radius 1 is 1.27 bits per heavy atom. The molecule has 2 aromatic carbocycles. The maximum Gasteiger partial charge on any atom is 0.255 e. The van der Waals surface area contributed by atoms with Gasteiger partial charge in [-0.05, 0) is 54.8 Å². The van der Waals surface area contributed by atoms with E-state index in [1.807, 2.05) is 25.1 Å². The van der Waals surface area contributed by atoms with Crippen LogP contribution in [0.15, 0.2) is 40.8 Å². The van der Waals surface area contributed by atoms with E-state index in [4.69, 9.17) is 13.9 Å². The van der Waals surface area contributed by atoms with Gasteiger partial charge in [0, 0.05) is 31.6 Å². The van der Waals surface area contributed by atoms with Gasteiger partial charge in [-0.15, -0.1) is 10.2 Å². The van der Waals surface area contributed by atoms with Crippen molar-refractivity contribution >= 4 is 5.91 Å². The second kappa shape index (κ2) is 10.0. The van der Waals surface area contributed by atoms with E-state index in [9.17, 15) is 9.90 Å². The molecule has 3 aromatic rings. The lowest BCUT2D eigenvalue weighted by atomic mass is 9.92. The Hall–Kier alpha value is -3.43. The Kier molecular flexibility index (Phi) is 6.90. The standard InChI is InChI=1S/C24H28N4O5/c1-4-32-22-11-16(24-28-27-14(2)33-24)6-8-19(22)23(30)26-13-21(29)20-10-15-5-7-18(31-3)9-17(15)12-25-20/h5-9,11,20-21,25,29H,4,10,12-13H2,1-3H3,(H,26,30)/t20-,21+/m0/s1. The van der Waals surface area contributed by atoms with Crippen LogP contribution in [0.2, 0.25) is 0 Å². The van der Waals surface area contributed by atoms with E-state index in [0.29, 0.717) is 48.2 Å². The van der Waals surface area contributed by atoms with Gasteiger partial charge in [0.15, 0.2) is 0 Å². The minimum Gasteiger partial charge on any atom is -0.497 e. The zero-order valence-corrected chi connectivity index (χ0v) is 18.9. The van der Waals surface area contributed by atoms with Crippen molar-refractivity contribution in [2.24, 2.45) is 0 Å².